The van der Waals surface area contributed by atoms with E-state index < -0.39 is 94.1 Å². The number of nitrogens with two attached hydrogens (primary N) is 1. The van der Waals surface area contributed by atoms with E-state index in [-0.39, 0.29) is 52.3 Å². The highest BCUT2D eigenvalue weighted by molar-refractivity contribution is 5.94. The number of aliphatic carboxylic acids is 1. The van der Waals surface area contributed by atoms with E-state index in [9.17, 15) is 53.9 Å². The summed E-state index contributed by atoms with van der Waals surface area (Å²) >= 11 is 0. The van der Waals surface area contributed by atoms with E-state index >= 15 is 0 Å². The standard InChI is InChI=1S/C35H32F6N4O2.C14H17F3N2O2/c1-33(2)26-8-9-34(33,3)31-28(26)30(35(39,40)41)44-45(31)17-23(46)14-20(11-18-12-21(36)16-22(37)13-18)29-24(5-4-10-43-29)19-6-7-27(38)25(15-19)32(42)47;1-12(2)7-4-5-13(12,3)11-9(7)10(14(15,16)17)18-19(11)6-8(20)21/h4-7,10,12-13,15-16,20,26H,8-9,11,14,17H2,1-3H3,(H2,42,47);7H,4-6H2,1-3H3,(H,20,21)/t20-,26?,34?;/m1./s1. The fourth-order valence-corrected chi connectivity index (χ4v) is 12.1. The number of carbonyl (C=O) groups is 3. The van der Waals surface area contributed by atoms with Crippen molar-refractivity contribution in [3.05, 3.63) is 123 Å². The maximum absolute atomic E-state index is 14.3. The minimum Gasteiger partial charge on any atom is -0.480 e. The number of carboxylic acid groups (broad SMARTS) is 1. The lowest BCUT2D eigenvalue weighted by Gasteiger charge is -2.35. The number of Topliss-reactive ketones (excluding diaryl/α,β-unsaturated/α-hetero) is 1. The van der Waals surface area contributed by atoms with Gasteiger partial charge in [0.25, 0.3) is 5.91 Å². The normalized spacial score (nSPS) is 23.2. The number of primary amides is 1. The van der Waals surface area contributed by atoms with Crippen LogP contribution in [0.25, 0.3) is 11.1 Å². The lowest BCUT2D eigenvalue weighted by atomic mass is 9.70. The van der Waals surface area contributed by atoms with Crippen LogP contribution >= 0.6 is 0 Å². The Morgan fingerprint density at radius 3 is 1.76 bits per heavy atom. The Labute approximate surface area is 385 Å². The molecule has 362 valence electrons. The number of carboxylic acids is 1. The summed E-state index contributed by atoms with van der Waals surface area (Å²) in [5, 5.41) is 16.5. The summed E-state index contributed by atoms with van der Waals surface area (Å²) in [6.45, 7) is 10.7. The molecule has 3 heterocycles. The van der Waals surface area contributed by atoms with E-state index in [0.717, 1.165) is 29.3 Å². The first-order valence-electron chi connectivity index (χ1n) is 22.1. The summed E-state index contributed by atoms with van der Waals surface area (Å²) in [5.41, 5.74) is 3.81. The SMILES string of the molecule is CC12CCC(c3c(C(F)(F)F)nn(CC(=O)C[C@@H](Cc4cc(F)cc(F)c4)c4ncccc4-c4ccc(F)c(C(N)=O)c4)c31)C2(C)C.CC12CCC(c3c(C(F)(F)F)nn(CC(=O)O)c31)C2(C)C. The molecule has 4 bridgehead atoms. The van der Waals surface area contributed by atoms with E-state index in [2.05, 4.69) is 15.2 Å². The predicted octanol–water partition coefficient (Wildman–Crippen LogP) is 10.8. The van der Waals surface area contributed by atoms with Gasteiger partial charge in [0.1, 0.15) is 24.0 Å². The molecule has 5 atom stereocenters. The van der Waals surface area contributed by atoms with Crippen molar-refractivity contribution in [1.29, 1.82) is 0 Å². The molecule has 10 nitrogen and oxygen atoms in total. The zero-order chi connectivity index (χ0) is 49.8. The molecule has 68 heavy (non-hydrogen) atoms. The second-order valence-corrected chi connectivity index (χ2v) is 20.1. The topological polar surface area (TPSA) is 146 Å². The van der Waals surface area contributed by atoms with Gasteiger partial charge in [0.05, 0.1) is 17.8 Å². The molecule has 2 fully saturated rings. The highest BCUT2D eigenvalue weighted by Gasteiger charge is 2.65. The number of hydrogen-bond donors (Lipinski definition) is 2. The lowest BCUT2D eigenvalue weighted by molar-refractivity contribution is -0.144. The van der Waals surface area contributed by atoms with Gasteiger partial charge in [-0.05, 0) is 96.2 Å². The maximum atomic E-state index is 14.3. The van der Waals surface area contributed by atoms with Crippen molar-refractivity contribution >= 4 is 17.7 Å². The minimum absolute atomic E-state index is 0.0634. The van der Waals surface area contributed by atoms with Crippen LogP contribution < -0.4 is 5.73 Å². The fourth-order valence-electron chi connectivity index (χ4n) is 12.1. The van der Waals surface area contributed by atoms with Crippen LogP contribution in [0.5, 0.6) is 0 Å². The van der Waals surface area contributed by atoms with Gasteiger partial charge < -0.3 is 10.8 Å². The van der Waals surface area contributed by atoms with E-state index in [1.165, 1.54) is 23.0 Å². The molecule has 0 spiro atoms. The van der Waals surface area contributed by atoms with Gasteiger partial charge in [0.15, 0.2) is 17.2 Å². The summed E-state index contributed by atoms with van der Waals surface area (Å²) in [6, 6.07) is 9.93. The fraction of sp³-hybridized carbons (Fsp3) is 0.469. The molecule has 5 aromatic rings. The molecule has 1 amide bonds. The number of aromatic nitrogens is 5. The molecule has 0 radical (unpaired) electrons. The van der Waals surface area contributed by atoms with Gasteiger partial charge in [-0.1, -0.05) is 53.7 Å². The predicted molar refractivity (Wildman–Crippen MR) is 229 cm³/mol. The number of nitrogens with zero attached hydrogens (tertiary/aromatic N) is 5. The van der Waals surface area contributed by atoms with Gasteiger partial charge in [-0.3, -0.25) is 28.7 Å². The first-order chi connectivity index (χ1) is 31.5. The molecule has 0 saturated heterocycles. The average molecular weight is 957 g/mol. The molecule has 4 aliphatic carbocycles. The molecule has 19 heteroatoms. The number of ketones is 1. The quantitative estimate of drug-likeness (QED) is 0.125. The van der Waals surface area contributed by atoms with E-state index in [4.69, 9.17) is 10.8 Å². The van der Waals surface area contributed by atoms with Crippen LogP contribution in [-0.4, -0.2) is 47.3 Å². The number of fused-ring (bicyclic) bond motifs is 10. The van der Waals surface area contributed by atoms with Crippen molar-refractivity contribution in [2.24, 2.45) is 16.6 Å². The molecule has 3 N–H and O–H groups in total. The molecular formula is C49H49F9N6O4. The largest absolute Gasteiger partial charge is 0.480 e. The van der Waals surface area contributed by atoms with Crippen molar-refractivity contribution in [1.82, 2.24) is 24.5 Å². The molecule has 2 saturated carbocycles. The number of pyridine rings is 1. The summed E-state index contributed by atoms with van der Waals surface area (Å²) in [6.07, 6.45) is -5.43. The van der Waals surface area contributed by atoms with E-state index in [1.807, 2.05) is 41.5 Å². The molecule has 2 aromatic carbocycles. The first-order valence-corrected chi connectivity index (χ1v) is 22.1. The molecule has 3 aromatic heterocycles. The highest BCUT2D eigenvalue weighted by Crippen LogP contribution is 2.70. The Morgan fingerprint density at radius 1 is 0.765 bits per heavy atom. The van der Waals surface area contributed by atoms with Crippen molar-refractivity contribution < 1.29 is 59.0 Å². The summed E-state index contributed by atoms with van der Waals surface area (Å²) in [7, 11) is 0. The number of benzene rings is 2. The van der Waals surface area contributed by atoms with Crippen molar-refractivity contribution in [2.75, 3.05) is 0 Å². The number of hydrogen-bond acceptors (Lipinski definition) is 6. The first kappa shape index (κ1) is 48.4. The highest BCUT2D eigenvalue weighted by atomic mass is 19.4. The van der Waals surface area contributed by atoms with Crippen molar-refractivity contribution in [3.63, 3.8) is 0 Å². The average Bonchev–Trinajstić information content (AvgIpc) is 3.99. The molecular weight excluding hydrogens is 908 g/mol. The van der Waals surface area contributed by atoms with Gasteiger partial charge in [-0.15, -0.1) is 0 Å². The Morgan fingerprint density at radius 2 is 1.28 bits per heavy atom. The summed E-state index contributed by atoms with van der Waals surface area (Å²) in [4.78, 5) is 41.2. The van der Waals surface area contributed by atoms with Crippen LogP contribution in [0.4, 0.5) is 39.5 Å². The Hall–Kier alpha value is -6.01. The van der Waals surface area contributed by atoms with Gasteiger partial charge in [0.2, 0.25) is 0 Å². The van der Waals surface area contributed by atoms with Crippen LogP contribution in [0.3, 0.4) is 0 Å². The van der Waals surface area contributed by atoms with Gasteiger partial charge in [0, 0.05) is 63.5 Å². The third kappa shape index (κ3) is 7.76. The molecule has 0 aliphatic heterocycles. The number of carbonyl (C=O) groups excluding carboxylic acids is 2. The Bertz CT molecular complexity index is 2860. The summed E-state index contributed by atoms with van der Waals surface area (Å²) < 4.78 is 128. The third-order valence-corrected chi connectivity index (χ3v) is 16.0. The van der Waals surface area contributed by atoms with Gasteiger partial charge in [-0.25, -0.2) is 13.2 Å². The lowest BCUT2D eigenvalue weighted by Crippen LogP contribution is -2.34. The second-order valence-electron chi connectivity index (χ2n) is 20.1. The second kappa shape index (κ2) is 16.3. The number of alkyl halides is 6. The van der Waals surface area contributed by atoms with Gasteiger partial charge in [-0.2, -0.15) is 36.5 Å². The zero-order valence-electron chi connectivity index (χ0n) is 38.0. The minimum atomic E-state index is -4.71. The smallest absolute Gasteiger partial charge is 0.435 e. The molecule has 4 aliphatic rings. The van der Waals surface area contributed by atoms with Crippen LogP contribution in [0, 0.1) is 28.3 Å². The summed E-state index contributed by atoms with van der Waals surface area (Å²) in [5.74, 6) is -6.51. The number of halogens is 9. The van der Waals surface area contributed by atoms with Crippen LogP contribution in [0.2, 0.25) is 0 Å². The Balaban J connectivity index is 0.000000247. The molecule has 4 unspecified atom stereocenters. The number of amides is 1. The third-order valence-electron chi connectivity index (χ3n) is 16.0. The number of rotatable bonds is 11. The zero-order valence-corrected chi connectivity index (χ0v) is 38.0. The van der Waals surface area contributed by atoms with Crippen LogP contribution in [0.15, 0.2) is 54.7 Å². The maximum Gasteiger partial charge on any atom is 0.435 e. The van der Waals surface area contributed by atoms with Crippen molar-refractivity contribution in [2.45, 2.75) is 134 Å². The van der Waals surface area contributed by atoms with E-state index in [0.29, 0.717) is 53.5 Å². The van der Waals surface area contributed by atoms with Gasteiger partial charge >= 0.3 is 18.3 Å². The van der Waals surface area contributed by atoms with Crippen LogP contribution in [0.1, 0.15) is 147 Å². The van der Waals surface area contributed by atoms with E-state index in [1.54, 1.807) is 12.1 Å². The van der Waals surface area contributed by atoms with Crippen molar-refractivity contribution in [3.8, 4) is 11.1 Å². The molecule has 9 rings (SSSR count). The Kier molecular flexibility index (Phi) is 11.6. The van der Waals surface area contributed by atoms with Crippen LogP contribution in [-0.2, 0) is 52.3 Å². The monoisotopic (exact) mass is 956 g/mol.